The molecule has 7 heteroatoms. The summed E-state index contributed by atoms with van der Waals surface area (Å²) >= 11 is 0. The van der Waals surface area contributed by atoms with Gasteiger partial charge in [0.25, 0.3) is 0 Å². The number of rotatable bonds is 6. The van der Waals surface area contributed by atoms with Crippen LogP contribution in [0, 0.1) is 5.82 Å². The van der Waals surface area contributed by atoms with Gasteiger partial charge in [-0.1, -0.05) is 12.1 Å². The van der Waals surface area contributed by atoms with E-state index in [1.54, 1.807) is 25.4 Å². The lowest BCUT2D eigenvalue weighted by Crippen LogP contribution is -2.46. The van der Waals surface area contributed by atoms with Crippen LogP contribution < -0.4 is 19.9 Å². The van der Waals surface area contributed by atoms with Crippen LogP contribution in [0.25, 0.3) is 0 Å². The average Bonchev–Trinajstić information content (AvgIpc) is 2.79. The molecule has 0 amide bonds. The first-order valence-corrected chi connectivity index (χ1v) is 9.66. The number of hydrogen-bond donors (Lipinski definition) is 1. The second-order valence-corrected chi connectivity index (χ2v) is 6.89. The summed E-state index contributed by atoms with van der Waals surface area (Å²) in [6, 6.07) is 16.5. The zero-order chi connectivity index (χ0) is 20.1. The number of hydrogen-bond acceptors (Lipinski definition) is 6. The van der Waals surface area contributed by atoms with E-state index in [0.717, 1.165) is 43.3 Å². The number of ether oxygens (including phenoxy) is 1. The molecule has 1 fully saturated rings. The largest absolute Gasteiger partial charge is 0.497 e. The quantitative estimate of drug-likeness (QED) is 0.691. The number of benzene rings is 2. The Morgan fingerprint density at radius 3 is 2.31 bits per heavy atom. The summed E-state index contributed by atoms with van der Waals surface area (Å²) in [5.41, 5.74) is 2.18. The number of methoxy groups -OCH3 is 1. The molecule has 0 saturated carbocycles. The number of halogens is 1. The molecule has 0 atom stereocenters. The Kier molecular flexibility index (Phi) is 5.74. The van der Waals surface area contributed by atoms with E-state index in [-0.39, 0.29) is 5.82 Å². The van der Waals surface area contributed by atoms with Crippen LogP contribution in [0.5, 0.6) is 5.75 Å². The van der Waals surface area contributed by atoms with E-state index in [1.807, 2.05) is 18.2 Å². The summed E-state index contributed by atoms with van der Waals surface area (Å²) in [6.45, 7) is 4.18. The highest BCUT2D eigenvalue weighted by Gasteiger charge is 2.18. The van der Waals surface area contributed by atoms with E-state index in [0.29, 0.717) is 12.5 Å². The van der Waals surface area contributed by atoms with Crippen molar-refractivity contribution in [1.82, 2.24) is 9.97 Å². The standard InChI is InChI=1S/C22H24FN5O/c1-29-20-8-6-19(7-9-20)27-12-14-28(15-13-27)21-10-11-24-22(26-21)25-16-17-2-4-18(23)5-3-17/h2-11H,12-16H2,1H3,(H,24,25,26). The fourth-order valence-electron chi connectivity index (χ4n) is 3.38. The summed E-state index contributed by atoms with van der Waals surface area (Å²) in [4.78, 5) is 13.6. The molecule has 2 heterocycles. The van der Waals surface area contributed by atoms with Crippen molar-refractivity contribution < 1.29 is 9.13 Å². The molecule has 0 unspecified atom stereocenters. The summed E-state index contributed by atoms with van der Waals surface area (Å²) in [7, 11) is 1.68. The molecule has 0 radical (unpaired) electrons. The maximum atomic E-state index is 13.0. The van der Waals surface area contributed by atoms with E-state index < -0.39 is 0 Å². The predicted octanol–water partition coefficient (Wildman–Crippen LogP) is 3.56. The number of aromatic nitrogens is 2. The van der Waals surface area contributed by atoms with Gasteiger partial charge in [-0.25, -0.2) is 9.37 Å². The zero-order valence-corrected chi connectivity index (χ0v) is 16.4. The second-order valence-electron chi connectivity index (χ2n) is 6.89. The molecule has 1 saturated heterocycles. The Morgan fingerprint density at radius 1 is 0.931 bits per heavy atom. The molecular weight excluding hydrogens is 369 g/mol. The van der Waals surface area contributed by atoms with Gasteiger partial charge >= 0.3 is 0 Å². The van der Waals surface area contributed by atoms with Gasteiger partial charge in [-0.15, -0.1) is 0 Å². The summed E-state index contributed by atoms with van der Waals surface area (Å²) in [5.74, 6) is 2.12. The van der Waals surface area contributed by atoms with Crippen LogP contribution in [0.2, 0.25) is 0 Å². The second kappa shape index (κ2) is 8.77. The Bertz CT molecular complexity index is 925. The Morgan fingerprint density at radius 2 is 1.62 bits per heavy atom. The minimum Gasteiger partial charge on any atom is -0.497 e. The van der Waals surface area contributed by atoms with Crippen molar-refractivity contribution in [2.24, 2.45) is 0 Å². The molecule has 1 aromatic heterocycles. The number of anilines is 3. The maximum absolute atomic E-state index is 13.0. The van der Waals surface area contributed by atoms with Crippen LogP contribution in [-0.2, 0) is 6.54 Å². The summed E-state index contributed by atoms with van der Waals surface area (Å²) in [5, 5.41) is 3.21. The van der Waals surface area contributed by atoms with Gasteiger partial charge in [-0.2, -0.15) is 4.98 Å². The Balaban J connectivity index is 1.34. The van der Waals surface area contributed by atoms with Crippen LogP contribution >= 0.6 is 0 Å². The molecule has 3 aromatic rings. The Labute approximate surface area is 170 Å². The number of nitrogens with one attached hydrogen (secondary N) is 1. The fourth-order valence-corrected chi connectivity index (χ4v) is 3.38. The molecule has 6 nitrogen and oxygen atoms in total. The first kappa shape index (κ1) is 19.0. The normalized spacial score (nSPS) is 14.0. The van der Waals surface area contributed by atoms with Crippen molar-refractivity contribution in [3.05, 3.63) is 72.2 Å². The van der Waals surface area contributed by atoms with E-state index >= 15 is 0 Å². The van der Waals surface area contributed by atoms with Gasteiger partial charge < -0.3 is 19.9 Å². The lowest BCUT2D eigenvalue weighted by atomic mass is 10.2. The van der Waals surface area contributed by atoms with Crippen LogP contribution in [0.4, 0.5) is 21.8 Å². The first-order valence-electron chi connectivity index (χ1n) is 9.66. The topological polar surface area (TPSA) is 53.5 Å². The van der Waals surface area contributed by atoms with Crippen LogP contribution in [0.15, 0.2) is 60.8 Å². The zero-order valence-electron chi connectivity index (χ0n) is 16.4. The smallest absolute Gasteiger partial charge is 0.224 e. The first-order chi connectivity index (χ1) is 14.2. The highest BCUT2D eigenvalue weighted by Crippen LogP contribution is 2.22. The molecule has 0 bridgehead atoms. The third kappa shape index (κ3) is 4.74. The average molecular weight is 393 g/mol. The van der Waals surface area contributed by atoms with E-state index in [1.165, 1.54) is 17.8 Å². The van der Waals surface area contributed by atoms with Gasteiger partial charge in [-0.05, 0) is 48.0 Å². The summed E-state index contributed by atoms with van der Waals surface area (Å²) in [6.07, 6.45) is 1.77. The van der Waals surface area contributed by atoms with Gasteiger partial charge in [-0.3, -0.25) is 0 Å². The monoisotopic (exact) mass is 393 g/mol. The van der Waals surface area contributed by atoms with E-state index in [2.05, 4.69) is 37.2 Å². The van der Waals surface area contributed by atoms with E-state index in [4.69, 9.17) is 4.74 Å². The molecule has 29 heavy (non-hydrogen) atoms. The lowest BCUT2D eigenvalue weighted by molar-refractivity contribution is 0.415. The fraction of sp³-hybridized carbons (Fsp3) is 0.273. The summed E-state index contributed by atoms with van der Waals surface area (Å²) < 4.78 is 18.3. The molecule has 150 valence electrons. The van der Waals surface area contributed by atoms with Crippen molar-refractivity contribution >= 4 is 17.5 Å². The Hall–Kier alpha value is -3.35. The molecule has 0 aliphatic carbocycles. The molecule has 1 N–H and O–H groups in total. The van der Waals surface area contributed by atoms with Gasteiger partial charge in [0.15, 0.2) is 0 Å². The van der Waals surface area contributed by atoms with Gasteiger partial charge in [0.2, 0.25) is 5.95 Å². The number of nitrogens with zero attached hydrogens (tertiary/aromatic N) is 4. The van der Waals surface area contributed by atoms with Crippen LogP contribution in [-0.4, -0.2) is 43.3 Å². The van der Waals surface area contributed by atoms with Crippen LogP contribution in [0.1, 0.15) is 5.56 Å². The maximum Gasteiger partial charge on any atom is 0.224 e. The van der Waals surface area contributed by atoms with E-state index in [9.17, 15) is 4.39 Å². The molecule has 4 rings (SSSR count). The third-order valence-electron chi connectivity index (χ3n) is 5.05. The third-order valence-corrected chi connectivity index (χ3v) is 5.05. The highest BCUT2D eigenvalue weighted by atomic mass is 19.1. The van der Waals surface area contributed by atoms with Crippen LogP contribution in [0.3, 0.4) is 0 Å². The van der Waals surface area contributed by atoms with Crippen molar-refractivity contribution in [1.29, 1.82) is 0 Å². The minimum atomic E-state index is -0.235. The van der Waals surface area contributed by atoms with Gasteiger partial charge in [0.05, 0.1) is 7.11 Å². The molecule has 0 spiro atoms. The minimum absolute atomic E-state index is 0.235. The van der Waals surface area contributed by atoms with Crippen molar-refractivity contribution in [3.63, 3.8) is 0 Å². The van der Waals surface area contributed by atoms with Gasteiger partial charge in [0.1, 0.15) is 17.4 Å². The van der Waals surface area contributed by atoms with Crippen molar-refractivity contribution in [3.8, 4) is 5.75 Å². The molecular formula is C22H24FN5O. The SMILES string of the molecule is COc1ccc(N2CCN(c3ccnc(NCc4ccc(F)cc4)n3)CC2)cc1. The van der Waals surface area contributed by atoms with Crippen molar-refractivity contribution in [2.45, 2.75) is 6.54 Å². The lowest BCUT2D eigenvalue weighted by Gasteiger charge is -2.36. The highest BCUT2D eigenvalue weighted by molar-refractivity contribution is 5.52. The predicted molar refractivity (Wildman–Crippen MR) is 113 cm³/mol. The van der Waals surface area contributed by atoms with Crippen molar-refractivity contribution in [2.75, 3.05) is 48.4 Å². The van der Waals surface area contributed by atoms with Gasteiger partial charge in [0, 0.05) is 44.6 Å². The molecule has 2 aromatic carbocycles. The molecule has 1 aliphatic heterocycles. The molecule has 1 aliphatic rings. The number of piperazine rings is 1.